The van der Waals surface area contributed by atoms with Crippen LogP contribution in [0.1, 0.15) is 12.0 Å². The van der Waals surface area contributed by atoms with Crippen LogP contribution in [0.5, 0.6) is 0 Å². The third kappa shape index (κ3) is 5.32. The van der Waals surface area contributed by atoms with E-state index >= 15 is 0 Å². The Morgan fingerprint density at radius 1 is 1.47 bits per heavy atom. The van der Waals surface area contributed by atoms with Gasteiger partial charge in [0.15, 0.2) is 0 Å². The Morgan fingerprint density at radius 3 is 2.84 bits per heavy atom. The maximum absolute atomic E-state index is 11.8. The lowest BCUT2D eigenvalue weighted by atomic mass is 10.2. The lowest BCUT2D eigenvalue weighted by Gasteiger charge is -2.18. The molecule has 0 fully saturated rings. The second-order valence-corrected chi connectivity index (χ2v) is 4.04. The molecule has 0 spiro atoms. The number of nitrogens with two attached hydrogens (primary N) is 1. The van der Waals surface area contributed by atoms with Crippen LogP contribution in [0, 0.1) is 0 Å². The second kappa shape index (κ2) is 7.81. The van der Waals surface area contributed by atoms with Crippen molar-refractivity contribution in [3.63, 3.8) is 0 Å². The van der Waals surface area contributed by atoms with Crippen LogP contribution in [0.2, 0.25) is 0 Å². The summed E-state index contributed by atoms with van der Waals surface area (Å²) >= 11 is 0. The summed E-state index contributed by atoms with van der Waals surface area (Å²) in [5.41, 5.74) is 7.17. The first-order chi connectivity index (χ1) is 9.04. The number of hydrogen-bond donors (Lipinski definition) is 1. The van der Waals surface area contributed by atoms with Gasteiger partial charge in [-0.3, -0.25) is 4.79 Å². The molecule has 1 amide bonds. The van der Waals surface area contributed by atoms with Crippen molar-refractivity contribution in [2.24, 2.45) is 5.73 Å². The Bertz CT molecular complexity index is 413. The molecule has 0 heterocycles. The molecule has 0 aliphatic rings. The van der Waals surface area contributed by atoms with Crippen LogP contribution in [0.4, 0.5) is 14.5 Å². The van der Waals surface area contributed by atoms with E-state index in [1.54, 1.807) is 13.1 Å². The molecule has 0 aromatic heterocycles. The van der Waals surface area contributed by atoms with Gasteiger partial charge in [0.05, 0.1) is 13.0 Å². The van der Waals surface area contributed by atoms with Crippen LogP contribution in [-0.2, 0) is 16.1 Å². The number of hydrogen-bond acceptors (Lipinski definition) is 3. The van der Waals surface area contributed by atoms with Gasteiger partial charge in [-0.25, -0.2) is 8.78 Å². The zero-order valence-electron chi connectivity index (χ0n) is 10.8. The Labute approximate surface area is 111 Å². The highest BCUT2D eigenvalue weighted by Crippen LogP contribution is 2.15. The molecule has 0 radical (unpaired) electrons. The SMILES string of the molecule is CN(C(=O)CCOCC(F)F)c1cccc(CN)c1. The molecule has 1 rings (SSSR count). The number of nitrogens with zero attached hydrogens (tertiary/aromatic N) is 1. The van der Waals surface area contributed by atoms with E-state index < -0.39 is 13.0 Å². The van der Waals surface area contributed by atoms with E-state index in [0.29, 0.717) is 6.54 Å². The Kier molecular flexibility index (Phi) is 6.38. The number of carbonyl (C=O) groups excluding carboxylic acids is 1. The number of carbonyl (C=O) groups is 1. The van der Waals surface area contributed by atoms with Crippen molar-refractivity contribution in [3.8, 4) is 0 Å². The van der Waals surface area contributed by atoms with Gasteiger partial charge >= 0.3 is 0 Å². The van der Waals surface area contributed by atoms with Gasteiger partial charge in [-0.05, 0) is 17.7 Å². The first-order valence-electron chi connectivity index (χ1n) is 5.96. The molecule has 19 heavy (non-hydrogen) atoms. The van der Waals surface area contributed by atoms with Gasteiger partial charge in [-0.15, -0.1) is 0 Å². The number of amides is 1. The van der Waals surface area contributed by atoms with E-state index in [1.165, 1.54) is 4.90 Å². The van der Waals surface area contributed by atoms with E-state index in [2.05, 4.69) is 4.74 Å². The molecule has 1 aromatic rings. The highest BCUT2D eigenvalue weighted by atomic mass is 19.3. The van der Waals surface area contributed by atoms with Gasteiger partial charge in [-0.2, -0.15) is 0 Å². The number of halogens is 2. The average molecular weight is 272 g/mol. The smallest absolute Gasteiger partial charge is 0.261 e. The number of benzene rings is 1. The van der Waals surface area contributed by atoms with Gasteiger partial charge in [0, 0.05) is 19.3 Å². The van der Waals surface area contributed by atoms with Crippen LogP contribution in [0.3, 0.4) is 0 Å². The van der Waals surface area contributed by atoms with Gasteiger partial charge in [0.1, 0.15) is 6.61 Å². The summed E-state index contributed by atoms with van der Waals surface area (Å²) in [5.74, 6) is -0.191. The van der Waals surface area contributed by atoms with Gasteiger partial charge in [0.2, 0.25) is 5.91 Å². The molecule has 0 atom stereocenters. The lowest BCUT2D eigenvalue weighted by molar-refractivity contribution is -0.119. The minimum absolute atomic E-state index is 0.00983. The minimum atomic E-state index is -2.51. The molecule has 4 nitrogen and oxygen atoms in total. The van der Waals surface area contributed by atoms with Crippen molar-refractivity contribution in [1.82, 2.24) is 0 Å². The minimum Gasteiger partial charge on any atom is -0.375 e. The number of alkyl halides is 2. The summed E-state index contributed by atoms with van der Waals surface area (Å²) < 4.78 is 28.3. The molecular formula is C13H18F2N2O2. The fourth-order valence-electron chi connectivity index (χ4n) is 1.54. The van der Waals surface area contributed by atoms with E-state index in [-0.39, 0.29) is 18.9 Å². The number of ether oxygens (including phenoxy) is 1. The summed E-state index contributed by atoms with van der Waals surface area (Å²) in [6.07, 6.45) is -2.44. The summed E-state index contributed by atoms with van der Waals surface area (Å²) in [5, 5.41) is 0. The van der Waals surface area contributed by atoms with Crippen LogP contribution >= 0.6 is 0 Å². The third-order valence-corrected chi connectivity index (χ3v) is 2.61. The second-order valence-electron chi connectivity index (χ2n) is 4.04. The maximum Gasteiger partial charge on any atom is 0.261 e. The summed E-state index contributed by atoms with van der Waals surface area (Å²) in [7, 11) is 1.63. The number of anilines is 1. The highest BCUT2D eigenvalue weighted by Gasteiger charge is 2.11. The molecule has 0 unspecified atom stereocenters. The molecule has 0 bridgehead atoms. The first kappa shape index (κ1) is 15.5. The molecule has 0 aliphatic heterocycles. The topological polar surface area (TPSA) is 55.6 Å². The van der Waals surface area contributed by atoms with Crippen LogP contribution in [0.25, 0.3) is 0 Å². The Hall–Kier alpha value is -1.53. The largest absolute Gasteiger partial charge is 0.375 e. The van der Waals surface area contributed by atoms with Crippen LogP contribution in [-0.4, -0.2) is 32.6 Å². The fraction of sp³-hybridized carbons (Fsp3) is 0.462. The van der Waals surface area contributed by atoms with Crippen molar-refractivity contribution in [2.75, 3.05) is 25.2 Å². The Balaban J connectivity index is 2.47. The Morgan fingerprint density at radius 2 is 2.21 bits per heavy atom. The molecule has 2 N–H and O–H groups in total. The molecule has 1 aromatic carbocycles. The van der Waals surface area contributed by atoms with Crippen molar-refractivity contribution >= 4 is 11.6 Å². The molecule has 6 heteroatoms. The summed E-state index contributed by atoms with van der Waals surface area (Å²) in [6, 6.07) is 7.29. The zero-order chi connectivity index (χ0) is 14.3. The zero-order valence-corrected chi connectivity index (χ0v) is 10.8. The quantitative estimate of drug-likeness (QED) is 0.770. The fourth-order valence-corrected chi connectivity index (χ4v) is 1.54. The van der Waals surface area contributed by atoms with E-state index in [9.17, 15) is 13.6 Å². The predicted molar refractivity (Wildman–Crippen MR) is 69.2 cm³/mol. The van der Waals surface area contributed by atoms with Crippen LogP contribution in [0.15, 0.2) is 24.3 Å². The van der Waals surface area contributed by atoms with Gasteiger partial charge < -0.3 is 15.4 Å². The first-order valence-corrected chi connectivity index (χ1v) is 5.96. The molecular weight excluding hydrogens is 254 g/mol. The van der Waals surface area contributed by atoms with E-state index in [1.807, 2.05) is 18.2 Å². The maximum atomic E-state index is 11.8. The monoisotopic (exact) mass is 272 g/mol. The van der Waals surface area contributed by atoms with Crippen molar-refractivity contribution < 1.29 is 18.3 Å². The van der Waals surface area contributed by atoms with Gasteiger partial charge in [-0.1, -0.05) is 12.1 Å². The molecule has 0 saturated heterocycles. The lowest BCUT2D eigenvalue weighted by Crippen LogP contribution is -2.27. The summed E-state index contributed by atoms with van der Waals surface area (Å²) in [6.45, 7) is -0.253. The van der Waals surface area contributed by atoms with Crippen LogP contribution < -0.4 is 10.6 Å². The number of rotatable bonds is 7. The summed E-state index contributed by atoms with van der Waals surface area (Å²) in [4.78, 5) is 13.3. The average Bonchev–Trinajstić information content (AvgIpc) is 2.42. The standard InChI is InChI=1S/C13H18F2N2O2/c1-17(11-4-2-3-10(7-11)8-16)13(18)5-6-19-9-12(14)15/h2-4,7,12H,5-6,8-9,16H2,1H3. The van der Waals surface area contributed by atoms with E-state index in [0.717, 1.165) is 11.3 Å². The predicted octanol–water partition coefficient (Wildman–Crippen LogP) is 1.78. The third-order valence-electron chi connectivity index (χ3n) is 2.61. The molecule has 0 saturated carbocycles. The highest BCUT2D eigenvalue weighted by molar-refractivity contribution is 5.92. The van der Waals surface area contributed by atoms with Crippen molar-refractivity contribution in [1.29, 1.82) is 0 Å². The van der Waals surface area contributed by atoms with E-state index in [4.69, 9.17) is 5.73 Å². The van der Waals surface area contributed by atoms with Gasteiger partial charge in [0.25, 0.3) is 6.43 Å². The molecule has 0 aliphatic carbocycles. The normalized spacial score (nSPS) is 10.8. The molecule has 106 valence electrons. The van der Waals surface area contributed by atoms with Crippen molar-refractivity contribution in [3.05, 3.63) is 29.8 Å². The van der Waals surface area contributed by atoms with Crippen molar-refractivity contribution in [2.45, 2.75) is 19.4 Å².